The van der Waals surface area contributed by atoms with E-state index in [0.717, 1.165) is 23.9 Å². The number of pyridine rings is 1. The average Bonchev–Trinajstić information content (AvgIpc) is 2.38. The van der Waals surface area contributed by atoms with E-state index in [-0.39, 0.29) is 12.4 Å². The fourth-order valence-corrected chi connectivity index (χ4v) is 1.71. The van der Waals surface area contributed by atoms with Gasteiger partial charge in [0.1, 0.15) is 0 Å². The zero-order valence-electron chi connectivity index (χ0n) is 9.62. The van der Waals surface area contributed by atoms with Crippen LogP contribution in [-0.2, 0) is 12.1 Å². The number of hydrogen-bond acceptors (Lipinski definition) is 1. The van der Waals surface area contributed by atoms with Crippen molar-refractivity contribution in [2.24, 2.45) is 0 Å². The van der Waals surface area contributed by atoms with Gasteiger partial charge in [0, 0.05) is 17.6 Å². The SMILES string of the molecule is Cl.FC(F)(F)c1ccnc(-c2ccc(CCl)cc2)c1. The first-order valence-electron chi connectivity index (χ1n) is 5.19. The summed E-state index contributed by atoms with van der Waals surface area (Å²) in [6, 6.07) is 8.95. The van der Waals surface area contributed by atoms with Gasteiger partial charge in [0.25, 0.3) is 0 Å². The summed E-state index contributed by atoms with van der Waals surface area (Å²) in [5, 5.41) is 0. The Morgan fingerprint density at radius 1 is 1.05 bits per heavy atom. The van der Waals surface area contributed by atoms with Crippen LogP contribution in [0.25, 0.3) is 11.3 Å². The monoisotopic (exact) mass is 307 g/mol. The standard InChI is InChI=1S/C13H9ClF3N.ClH/c14-8-9-1-3-10(4-2-9)12-7-11(5-6-18-12)13(15,16)17;/h1-7H,8H2;1H. The second kappa shape index (κ2) is 6.26. The Bertz CT molecular complexity index is 538. The van der Waals surface area contributed by atoms with Gasteiger partial charge in [0.2, 0.25) is 0 Å². The van der Waals surface area contributed by atoms with E-state index < -0.39 is 11.7 Å². The van der Waals surface area contributed by atoms with Crippen LogP contribution in [0.2, 0.25) is 0 Å². The number of rotatable bonds is 2. The van der Waals surface area contributed by atoms with E-state index in [1.165, 1.54) is 0 Å². The molecule has 0 aliphatic rings. The van der Waals surface area contributed by atoms with Crippen LogP contribution in [0.3, 0.4) is 0 Å². The molecule has 19 heavy (non-hydrogen) atoms. The molecule has 0 radical (unpaired) electrons. The summed E-state index contributed by atoms with van der Waals surface area (Å²) < 4.78 is 37.7. The van der Waals surface area contributed by atoms with E-state index in [4.69, 9.17) is 11.6 Å². The topological polar surface area (TPSA) is 12.9 Å². The van der Waals surface area contributed by atoms with Crippen molar-refractivity contribution in [1.82, 2.24) is 4.98 Å². The smallest absolute Gasteiger partial charge is 0.256 e. The minimum Gasteiger partial charge on any atom is -0.256 e. The van der Waals surface area contributed by atoms with Crippen LogP contribution in [0.5, 0.6) is 0 Å². The summed E-state index contributed by atoms with van der Waals surface area (Å²) in [5.74, 6) is 0.371. The lowest BCUT2D eigenvalue weighted by Crippen LogP contribution is -2.05. The molecular weight excluding hydrogens is 298 g/mol. The molecule has 2 aromatic rings. The highest BCUT2D eigenvalue weighted by Gasteiger charge is 2.30. The van der Waals surface area contributed by atoms with Crippen LogP contribution >= 0.6 is 24.0 Å². The first-order chi connectivity index (χ1) is 8.50. The van der Waals surface area contributed by atoms with E-state index in [0.29, 0.717) is 17.1 Å². The normalized spacial score (nSPS) is 10.9. The van der Waals surface area contributed by atoms with Crippen LogP contribution in [0, 0.1) is 0 Å². The molecule has 0 amide bonds. The van der Waals surface area contributed by atoms with E-state index in [9.17, 15) is 13.2 Å². The maximum absolute atomic E-state index is 12.6. The van der Waals surface area contributed by atoms with E-state index >= 15 is 0 Å². The molecule has 0 unspecified atom stereocenters. The third kappa shape index (κ3) is 3.85. The van der Waals surface area contributed by atoms with Gasteiger partial charge >= 0.3 is 6.18 Å². The molecule has 1 aromatic carbocycles. The van der Waals surface area contributed by atoms with Crippen LogP contribution in [-0.4, -0.2) is 4.98 Å². The van der Waals surface area contributed by atoms with Gasteiger partial charge in [0.05, 0.1) is 11.3 Å². The fraction of sp³-hybridized carbons (Fsp3) is 0.154. The molecule has 0 aliphatic heterocycles. The number of aromatic nitrogens is 1. The molecule has 0 atom stereocenters. The fourth-order valence-electron chi connectivity index (χ4n) is 1.53. The van der Waals surface area contributed by atoms with Gasteiger partial charge in [-0.15, -0.1) is 24.0 Å². The summed E-state index contributed by atoms with van der Waals surface area (Å²) in [6.45, 7) is 0. The number of halogens is 5. The summed E-state index contributed by atoms with van der Waals surface area (Å²) in [4.78, 5) is 3.95. The van der Waals surface area contributed by atoms with E-state index in [1.807, 2.05) is 0 Å². The Labute approximate surface area is 119 Å². The summed E-state index contributed by atoms with van der Waals surface area (Å²) in [5.41, 5.74) is 1.14. The average molecular weight is 308 g/mol. The Morgan fingerprint density at radius 2 is 1.68 bits per heavy atom. The molecule has 1 nitrogen and oxygen atoms in total. The highest BCUT2D eigenvalue weighted by Crippen LogP contribution is 2.31. The minimum atomic E-state index is -4.35. The summed E-state index contributed by atoms with van der Waals surface area (Å²) in [6.07, 6.45) is -3.19. The van der Waals surface area contributed by atoms with Crippen molar-refractivity contribution in [2.45, 2.75) is 12.1 Å². The first kappa shape index (κ1) is 15.8. The molecule has 0 bridgehead atoms. The molecule has 0 saturated carbocycles. The molecule has 0 spiro atoms. The molecule has 0 fully saturated rings. The van der Waals surface area contributed by atoms with Crippen molar-refractivity contribution in [2.75, 3.05) is 0 Å². The van der Waals surface area contributed by atoms with E-state index in [1.54, 1.807) is 24.3 Å². The largest absolute Gasteiger partial charge is 0.416 e. The van der Waals surface area contributed by atoms with Crippen molar-refractivity contribution in [3.63, 3.8) is 0 Å². The highest BCUT2D eigenvalue weighted by atomic mass is 35.5. The number of benzene rings is 1. The van der Waals surface area contributed by atoms with Gasteiger partial charge in [-0.2, -0.15) is 13.2 Å². The first-order valence-corrected chi connectivity index (χ1v) is 5.72. The van der Waals surface area contributed by atoms with Gasteiger partial charge in [0.15, 0.2) is 0 Å². The molecule has 0 saturated heterocycles. The number of nitrogens with zero attached hydrogens (tertiary/aromatic N) is 1. The molecular formula is C13H10Cl2F3N. The van der Waals surface area contributed by atoms with Gasteiger partial charge in [-0.1, -0.05) is 24.3 Å². The second-order valence-electron chi connectivity index (χ2n) is 3.76. The van der Waals surface area contributed by atoms with Gasteiger partial charge in [-0.3, -0.25) is 4.98 Å². The Hall–Kier alpha value is -1.26. The maximum Gasteiger partial charge on any atom is 0.416 e. The molecule has 6 heteroatoms. The van der Waals surface area contributed by atoms with Crippen molar-refractivity contribution >= 4 is 24.0 Å². The Balaban J connectivity index is 0.00000180. The zero-order valence-corrected chi connectivity index (χ0v) is 11.2. The number of hydrogen-bond donors (Lipinski definition) is 0. The lowest BCUT2D eigenvalue weighted by Gasteiger charge is -2.08. The lowest BCUT2D eigenvalue weighted by molar-refractivity contribution is -0.137. The Kier molecular flexibility index (Phi) is 5.20. The van der Waals surface area contributed by atoms with Gasteiger partial charge < -0.3 is 0 Å². The quantitative estimate of drug-likeness (QED) is 0.717. The van der Waals surface area contributed by atoms with Crippen molar-refractivity contribution in [1.29, 1.82) is 0 Å². The second-order valence-corrected chi connectivity index (χ2v) is 4.03. The third-order valence-electron chi connectivity index (χ3n) is 2.49. The molecule has 0 aliphatic carbocycles. The van der Waals surface area contributed by atoms with Crippen molar-refractivity contribution < 1.29 is 13.2 Å². The van der Waals surface area contributed by atoms with Crippen molar-refractivity contribution in [3.8, 4) is 11.3 Å². The summed E-state index contributed by atoms with van der Waals surface area (Å²) >= 11 is 5.65. The maximum atomic E-state index is 12.6. The zero-order chi connectivity index (χ0) is 13.2. The summed E-state index contributed by atoms with van der Waals surface area (Å²) in [7, 11) is 0. The molecule has 2 rings (SSSR count). The van der Waals surface area contributed by atoms with Gasteiger partial charge in [-0.25, -0.2) is 0 Å². The molecule has 0 N–H and O–H groups in total. The lowest BCUT2D eigenvalue weighted by atomic mass is 10.1. The van der Waals surface area contributed by atoms with Gasteiger partial charge in [-0.05, 0) is 17.7 Å². The third-order valence-corrected chi connectivity index (χ3v) is 2.80. The molecule has 1 heterocycles. The van der Waals surface area contributed by atoms with Crippen LogP contribution in [0.4, 0.5) is 13.2 Å². The van der Waals surface area contributed by atoms with E-state index in [2.05, 4.69) is 4.98 Å². The van der Waals surface area contributed by atoms with Crippen molar-refractivity contribution in [3.05, 3.63) is 53.7 Å². The van der Waals surface area contributed by atoms with Crippen LogP contribution in [0.1, 0.15) is 11.1 Å². The van der Waals surface area contributed by atoms with Crippen LogP contribution < -0.4 is 0 Å². The predicted molar refractivity (Wildman–Crippen MR) is 71.5 cm³/mol. The van der Waals surface area contributed by atoms with Crippen LogP contribution in [0.15, 0.2) is 42.6 Å². The Morgan fingerprint density at radius 3 is 2.21 bits per heavy atom. The minimum absolute atomic E-state index is 0. The molecule has 102 valence electrons. The predicted octanol–water partition coefficient (Wildman–Crippen LogP) is 4.93. The highest BCUT2D eigenvalue weighted by molar-refractivity contribution is 6.17. The number of alkyl halides is 4. The molecule has 1 aromatic heterocycles.